The quantitative estimate of drug-likeness (QED) is 0.863. The van der Waals surface area contributed by atoms with Crippen molar-refractivity contribution in [3.05, 3.63) is 23.7 Å². The molecule has 0 aromatic carbocycles. The first kappa shape index (κ1) is 15.1. The first-order valence-corrected chi connectivity index (χ1v) is 8.66. The fraction of sp³-hybridized carbons (Fsp3) is 0.778. The van der Waals surface area contributed by atoms with Gasteiger partial charge in [-0.1, -0.05) is 20.8 Å². The molecule has 1 aliphatic carbocycles. The van der Waals surface area contributed by atoms with Crippen LogP contribution in [0, 0.1) is 11.3 Å². The van der Waals surface area contributed by atoms with E-state index >= 15 is 0 Å². The molecule has 0 amide bonds. The van der Waals surface area contributed by atoms with Crippen molar-refractivity contribution in [1.29, 1.82) is 0 Å². The summed E-state index contributed by atoms with van der Waals surface area (Å²) in [6.45, 7) is 9.91. The Balaban J connectivity index is 1.72. The number of hydrogen-bond donors (Lipinski definition) is 1. The Morgan fingerprint density at radius 2 is 2.10 bits per heavy atom. The van der Waals surface area contributed by atoms with Gasteiger partial charge in [0.15, 0.2) is 0 Å². The van der Waals surface area contributed by atoms with E-state index in [1.54, 1.807) is 0 Å². The highest BCUT2D eigenvalue weighted by atomic mass is 16.3. The SMILES string of the molecule is CCC1(CC)CCN(C(CN)c2ccc(C3CC3C)o2)C1. The molecule has 1 aromatic heterocycles. The van der Waals surface area contributed by atoms with E-state index in [0.717, 1.165) is 24.8 Å². The van der Waals surface area contributed by atoms with E-state index in [4.69, 9.17) is 10.2 Å². The molecule has 1 aromatic rings. The predicted molar refractivity (Wildman–Crippen MR) is 86.2 cm³/mol. The van der Waals surface area contributed by atoms with Crippen LogP contribution >= 0.6 is 0 Å². The molecule has 0 spiro atoms. The predicted octanol–water partition coefficient (Wildman–Crippen LogP) is 3.91. The smallest absolute Gasteiger partial charge is 0.122 e. The minimum absolute atomic E-state index is 0.257. The standard InChI is InChI=1S/C18H30N2O/c1-4-18(5-2)8-9-20(12-18)15(11-19)17-7-6-16(21-17)14-10-13(14)3/h6-7,13-15H,4-5,8-12,19H2,1-3H3. The van der Waals surface area contributed by atoms with Crippen molar-refractivity contribution in [3.8, 4) is 0 Å². The molecule has 1 saturated heterocycles. The Kier molecular flexibility index (Phi) is 4.15. The molecule has 2 heterocycles. The average molecular weight is 290 g/mol. The van der Waals surface area contributed by atoms with Crippen molar-refractivity contribution in [2.75, 3.05) is 19.6 Å². The fourth-order valence-corrected chi connectivity index (χ4v) is 3.97. The zero-order valence-corrected chi connectivity index (χ0v) is 13.8. The molecule has 3 nitrogen and oxygen atoms in total. The van der Waals surface area contributed by atoms with E-state index in [0.29, 0.717) is 17.9 Å². The molecular formula is C18H30N2O. The van der Waals surface area contributed by atoms with Gasteiger partial charge in [-0.3, -0.25) is 4.90 Å². The Morgan fingerprint density at radius 3 is 2.62 bits per heavy atom. The summed E-state index contributed by atoms with van der Waals surface area (Å²) in [5.41, 5.74) is 6.58. The van der Waals surface area contributed by atoms with E-state index in [-0.39, 0.29) is 6.04 Å². The van der Waals surface area contributed by atoms with E-state index in [9.17, 15) is 0 Å². The lowest BCUT2D eigenvalue weighted by Crippen LogP contribution is -2.34. The van der Waals surface area contributed by atoms with Crippen LogP contribution in [-0.2, 0) is 0 Å². The van der Waals surface area contributed by atoms with Gasteiger partial charge in [0.1, 0.15) is 11.5 Å². The van der Waals surface area contributed by atoms with E-state index in [1.165, 1.54) is 31.4 Å². The van der Waals surface area contributed by atoms with Crippen LogP contribution in [0.25, 0.3) is 0 Å². The number of hydrogen-bond acceptors (Lipinski definition) is 3. The molecule has 1 saturated carbocycles. The fourth-order valence-electron chi connectivity index (χ4n) is 3.97. The van der Waals surface area contributed by atoms with Crippen LogP contribution in [0.5, 0.6) is 0 Å². The average Bonchev–Trinajstić information content (AvgIpc) is 2.95. The minimum atomic E-state index is 0.257. The number of rotatable bonds is 6. The van der Waals surface area contributed by atoms with Crippen LogP contribution in [0.3, 0.4) is 0 Å². The van der Waals surface area contributed by atoms with Crippen molar-refractivity contribution in [3.63, 3.8) is 0 Å². The Morgan fingerprint density at radius 1 is 1.38 bits per heavy atom. The third-order valence-corrected chi connectivity index (χ3v) is 6.08. The Labute approximate surface area is 128 Å². The van der Waals surface area contributed by atoms with Crippen LogP contribution in [0.2, 0.25) is 0 Å². The van der Waals surface area contributed by atoms with Gasteiger partial charge in [-0.15, -0.1) is 0 Å². The molecule has 3 rings (SSSR count). The zero-order chi connectivity index (χ0) is 15.0. The maximum atomic E-state index is 6.16. The topological polar surface area (TPSA) is 42.4 Å². The van der Waals surface area contributed by atoms with Crippen LogP contribution in [-0.4, -0.2) is 24.5 Å². The van der Waals surface area contributed by atoms with Gasteiger partial charge in [0.25, 0.3) is 0 Å². The van der Waals surface area contributed by atoms with Gasteiger partial charge in [-0.2, -0.15) is 0 Å². The summed E-state index contributed by atoms with van der Waals surface area (Å²) in [6, 6.07) is 4.60. The molecule has 118 valence electrons. The van der Waals surface area contributed by atoms with Crippen LogP contribution < -0.4 is 5.73 Å². The van der Waals surface area contributed by atoms with Crippen LogP contribution in [0.4, 0.5) is 0 Å². The Hall–Kier alpha value is -0.800. The largest absolute Gasteiger partial charge is 0.464 e. The molecule has 1 aliphatic heterocycles. The maximum Gasteiger partial charge on any atom is 0.122 e. The van der Waals surface area contributed by atoms with Crippen LogP contribution in [0.15, 0.2) is 16.5 Å². The van der Waals surface area contributed by atoms with Crippen molar-refractivity contribution in [1.82, 2.24) is 4.90 Å². The molecule has 2 aliphatic rings. The lowest BCUT2D eigenvalue weighted by atomic mass is 9.82. The normalized spacial score (nSPS) is 29.7. The van der Waals surface area contributed by atoms with Gasteiger partial charge >= 0.3 is 0 Å². The van der Waals surface area contributed by atoms with Gasteiger partial charge in [-0.05, 0) is 55.7 Å². The monoisotopic (exact) mass is 290 g/mol. The first-order valence-electron chi connectivity index (χ1n) is 8.66. The lowest BCUT2D eigenvalue weighted by molar-refractivity contribution is 0.179. The number of likely N-dealkylation sites (tertiary alicyclic amines) is 1. The summed E-state index contributed by atoms with van der Waals surface area (Å²) < 4.78 is 6.16. The summed E-state index contributed by atoms with van der Waals surface area (Å²) in [5, 5.41) is 0. The third-order valence-electron chi connectivity index (χ3n) is 6.08. The highest BCUT2D eigenvalue weighted by molar-refractivity contribution is 5.20. The van der Waals surface area contributed by atoms with Crippen LogP contribution in [0.1, 0.15) is 69.9 Å². The molecule has 21 heavy (non-hydrogen) atoms. The van der Waals surface area contributed by atoms with Crippen molar-refractivity contribution in [2.45, 2.75) is 58.4 Å². The van der Waals surface area contributed by atoms with Crippen molar-refractivity contribution >= 4 is 0 Å². The maximum absolute atomic E-state index is 6.16. The first-order chi connectivity index (χ1) is 10.1. The number of furan rings is 1. The second-order valence-corrected chi connectivity index (χ2v) is 7.24. The molecular weight excluding hydrogens is 260 g/mol. The second-order valence-electron chi connectivity index (χ2n) is 7.24. The number of nitrogens with zero attached hydrogens (tertiary/aromatic N) is 1. The molecule has 0 bridgehead atoms. The molecule has 2 N–H and O–H groups in total. The molecule has 3 atom stereocenters. The lowest BCUT2D eigenvalue weighted by Gasteiger charge is -2.29. The molecule has 2 fully saturated rings. The number of nitrogens with two attached hydrogens (primary N) is 1. The van der Waals surface area contributed by atoms with E-state index < -0.39 is 0 Å². The van der Waals surface area contributed by atoms with E-state index in [2.05, 4.69) is 37.8 Å². The second kappa shape index (κ2) is 5.77. The summed E-state index contributed by atoms with van der Waals surface area (Å²) in [5.74, 6) is 3.70. The summed E-state index contributed by atoms with van der Waals surface area (Å²) >= 11 is 0. The Bertz CT molecular complexity index is 477. The highest BCUT2D eigenvalue weighted by Gasteiger charge is 2.40. The van der Waals surface area contributed by atoms with Crippen molar-refractivity contribution < 1.29 is 4.42 Å². The summed E-state index contributed by atoms with van der Waals surface area (Å²) in [7, 11) is 0. The van der Waals surface area contributed by atoms with Gasteiger partial charge < -0.3 is 10.2 Å². The molecule has 0 radical (unpaired) electrons. The van der Waals surface area contributed by atoms with Crippen molar-refractivity contribution in [2.24, 2.45) is 17.1 Å². The van der Waals surface area contributed by atoms with Gasteiger partial charge in [0.2, 0.25) is 0 Å². The summed E-state index contributed by atoms with van der Waals surface area (Å²) in [6.07, 6.45) is 5.10. The molecule has 3 heteroatoms. The van der Waals surface area contributed by atoms with Gasteiger partial charge in [0.05, 0.1) is 6.04 Å². The summed E-state index contributed by atoms with van der Waals surface area (Å²) in [4.78, 5) is 2.55. The zero-order valence-electron chi connectivity index (χ0n) is 13.8. The van der Waals surface area contributed by atoms with E-state index in [1.807, 2.05) is 0 Å². The molecule has 3 unspecified atom stereocenters. The highest BCUT2D eigenvalue weighted by Crippen LogP contribution is 2.48. The van der Waals surface area contributed by atoms with Gasteiger partial charge in [0, 0.05) is 19.0 Å². The minimum Gasteiger partial charge on any atom is -0.464 e. The van der Waals surface area contributed by atoms with Gasteiger partial charge in [-0.25, -0.2) is 0 Å². The third kappa shape index (κ3) is 2.78.